The molecule has 2 atom stereocenters. The third kappa shape index (κ3) is 4.15. The highest BCUT2D eigenvalue weighted by atomic mass is 16.5. The molecule has 0 spiro atoms. The SMILES string of the molecule is COc1ccccc1/C=C/CN[C@H]1COC[C@H]1Oc1cnn(C)c1. The fourth-order valence-electron chi connectivity index (χ4n) is 2.69. The number of nitrogens with one attached hydrogen (secondary N) is 1. The van der Waals surface area contributed by atoms with Crippen LogP contribution in [0.1, 0.15) is 5.56 Å². The molecule has 0 amide bonds. The van der Waals surface area contributed by atoms with E-state index in [1.54, 1.807) is 18.0 Å². The molecule has 6 nitrogen and oxygen atoms in total. The molecule has 0 saturated carbocycles. The topological polar surface area (TPSA) is 57.5 Å². The van der Waals surface area contributed by atoms with E-state index in [-0.39, 0.29) is 12.1 Å². The third-order valence-electron chi connectivity index (χ3n) is 3.93. The van der Waals surface area contributed by atoms with Crippen molar-refractivity contribution in [1.82, 2.24) is 15.1 Å². The molecule has 1 fully saturated rings. The molecule has 1 aliphatic heterocycles. The van der Waals surface area contributed by atoms with Gasteiger partial charge in [0, 0.05) is 19.2 Å². The minimum Gasteiger partial charge on any atom is -0.496 e. The first-order valence-electron chi connectivity index (χ1n) is 8.02. The lowest BCUT2D eigenvalue weighted by Crippen LogP contribution is -2.42. The molecule has 6 heteroatoms. The van der Waals surface area contributed by atoms with Gasteiger partial charge in [-0.25, -0.2) is 0 Å². The molecule has 2 aromatic rings. The van der Waals surface area contributed by atoms with Gasteiger partial charge >= 0.3 is 0 Å². The van der Waals surface area contributed by atoms with E-state index < -0.39 is 0 Å². The lowest BCUT2D eigenvalue weighted by atomic mass is 10.2. The summed E-state index contributed by atoms with van der Waals surface area (Å²) >= 11 is 0. The van der Waals surface area contributed by atoms with Crippen LogP contribution < -0.4 is 14.8 Å². The lowest BCUT2D eigenvalue weighted by Gasteiger charge is -2.18. The number of methoxy groups -OCH3 is 1. The second-order valence-corrected chi connectivity index (χ2v) is 5.70. The van der Waals surface area contributed by atoms with E-state index in [4.69, 9.17) is 14.2 Å². The summed E-state index contributed by atoms with van der Waals surface area (Å²) in [4.78, 5) is 0. The average Bonchev–Trinajstić information content (AvgIpc) is 3.21. The van der Waals surface area contributed by atoms with Crippen molar-refractivity contribution in [2.75, 3.05) is 26.9 Å². The molecule has 1 N–H and O–H groups in total. The smallest absolute Gasteiger partial charge is 0.157 e. The van der Waals surface area contributed by atoms with Gasteiger partial charge in [0.15, 0.2) is 5.75 Å². The van der Waals surface area contributed by atoms with Crippen LogP contribution in [0.5, 0.6) is 11.5 Å². The maximum absolute atomic E-state index is 5.95. The quantitative estimate of drug-likeness (QED) is 0.840. The van der Waals surface area contributed by atoms with Gasteiger partial charge in [-0.3, -0.25) is 4.68 Å². The van der Waals surface area contributed by atoms with Crippen LogP contribution in [0.3, 0.4) is 0 Å². The van der Waals surface area contributed by atoms with Crippen LogP contribution in [0.25, 0.3) is 6.08 Å². The highest BCUT2D eigenvalue weighted by Crippen LogP contribution is 2.19. The molecule has 0 unspecified atom stereocenters. The largest absolute Gasteiger partial charge is 0.496 e. The van der Waals surface area contributed by atoms with Gasteiger partial charge < -0.3 is 19.5 Å². The van der Waals surface area contributed by atoms with Crippen LogP contribution in [0, 0.1) is 0 Å². The Morgan fingerprint density at radius 3 is 3.04 bits per heavy atom. The third-order valence-corrected chi connectivity index (χ3v) is 3.93. The summed E-state index contributed by atoms with van der Waals surface area (Å²) in [6, 6.07) is 8.11. The predicted molar refractivity (Wildman–Crippen MR) is 92.3 cm³/mol. The van der Waals surface area contributed by atoms with Gasteiger partial charge in [0.25, 0.3) is 0 Å². The van der Waals surface area contributed by atoms with Crippen molar-refractivity contribution in [3.8, 4) is 11.5 Å². The molecule has 3 rings (SSSR count). The zero-order valence-corrected chi connectivity index (χ0v) is 14.0. The Morgan fingerprint density at radius 1 is 1.38 bits per heavy atom. The summed E-state index contributed by atoms with van der Waals surface area (Å²) in [6.07, 6.45) is 7.71. The van der Waals surface area contributed by atoms with E-state index in [1.165, 1.54) is 0 Å². The molecule has 1 aromatic heterocycles. The van der Waals surface area contributed by atoms with Gasteiger partial charge in [0.1, 0.15) is 11.9 Å². The molecule has 0 aliphatic carbocycles. The number of para-hydroxylation sites is 1. The number of aryl methyl sites for hydroxylation is 1. The van der Waals surface area contributed by atoms with E-state index in [0.29, 0.717) is 13.2 Å². The summed E-state index contributed by atoms with van der Waals surface area (Å²) in [5.41, 5.74) is 1.06. The lowest BCUT2D eigenvalue weighted by molar-refractivity contribution is 0.139. The van der Waals surface area contributed by atoms with Crippen molar-refractivity contribution in [2.45, 2.75) is 12.1 Å². The predicted octanol–water partition coefficient (Wildman–Crippen LogP) is 1.88. The van der Waals surface area contributed by atoms with Crippen LogP contribution in [0.2, 0.25) is 0 Å². The van der Waals surface area contributed by atoms with E-state index in [9.17, 15) is 0 Å². The first kappa shape index (κ1) is 16.5. The Bertz CT molecular complexity index is 684. The fourth-order valence-corrected chi connectivity index (χ4v) is 2.69. The maximum atomic E-state index is 5.95. The van der Waals surface area contributed by atoms with Crippen molar-refractivity contribution < 1.29 is 14.2 Å². The standard InChI is InChI=1S/C18H23N3O3/c1-21-11-15(10-20-21)24-18-13-23-12-16(18)19-9-5-7-14-6-3-4-8-17(14)22-2/h3-8,10-11,16,18-19H,9,12-13H2,1-2H3/b7-5+/t16-,18+/m0/s1. The zero-order chi connectivity index (χ0) is 16.8. The number of aromatic nitrogens is 2. The first-order chi connectivity index (χ1) is 11.8. The van der Waals surface area contributed by atoms with Gasteiger partial charge in [-0.1, -0.05) is 30.4 Å². The Balaban J connectivity index is 1.51. The number of hydrogen-bond donors (Lipinski definition) is 1. The maximum Gasteiger partial charge on any atom is 0.157 e. The Morgan fingerprint density at radius 2 is 2.25 bits per heavy atom. The Labute approximate surface area is 142 Å². The molecular weight excluding hydrogens is 306 g/mol. The molecule has 1 saturated heterocycles. The molecule has 0 bridgehead atoms. The van der Waals surface area contributed by atoms with E-state index in [1.807, 2.05) is 37.5 Å². The van der Waals surface area contributed by atoms with Crippen molar-refractivity contribution in [2.24, 2.45) is 7.05 Å². The van der Waals surface area contributed by atoms with Gasteiger partial charge in [0.05, 0.1) is 38.8 Å². The fraction of sp³-hybridized carbons (Fsp3) is 0.389. The van der Waals surface area contributed by atoms with Crippen molar-refractivity contribution in [3.63, 3.8) is 0 Å². The first-order valence-corrected chi connectivity index (χ1v) is 8.02. The van der Waals surface area contributed by atoms with Crippen molar-refractivity contribution in [1.29, 1.82) is 0 Å². The van der Waals surface area contributed by atoms with Crippen LogP contribution in [0.4, 0.5) is 0 Å². The molecule has 2 heterocycles. The number of rotatable bonds is 7. The van der Waals surface area contributed by atoms with Crippen LogP contribution in [0.15, 0.2) is 42.7 Å². The second-order valence-electron chi connectivity index (χ2n) is 5.70. The van der Waals surface area contributed by atoms with Crippen molar-refractivity contribution in [3.05, 3.63) is 48.3 Å². The van der Waals surface area contributed by atoms with E-state index in [2.05, 4.69) is 22.6 Å². The van der Waals surface area contributed by atoms with Crippen LogP contribution >= 0.6 is 0 Å². The second kappa shape index (κ2) is 7.99. The van der Waals surface area contributed by atoms with Gasteiger partial charge in [-0.2, -0.15) is 5.10 Å². The summed E-state index contributed by atoms with van der Waals surface area (Å²) in [5.74, 6) is 1.64. The molecule has 0 radical (unpaired) electrons. The highest BCUT2D eigenvalue weighted by molar-refractivity contribution is 5.57. The summed E-state index contributed by atoms with van der Waals surface area (Å²) < 4.78 is 18.6. The van der Waals surface area contributed by atoms with Crippen LogP contribution in [-0.4, -0.2) is 48.8 Å². The molecule has 1 aromatic carbocycles. The van der Waals surface area contributed by atoms with Crippen LogP contribution in [-0.2, 0) is 11.8 Å². The monoisotopic (exact) mass is 329 g/mol. The Hall–Kier alpha value is -2.31. The molecule has 1 aliphatic rings. The minimum atomic E-state index is -0.00568. The van der Waals surface area contributed by atoms with E-state index >= 15 is 0 Å². The van der Waals surface area contributed by atoms with E-state index in [0.717, 1.165) is 23.6 Å². The van der Waals surface area contributed by atoms with Gasteiger partial charge in [-0.15, -0.1) is 0 Å². The zero-order valence-electron chi connectivity index (χ0n) is 14.0. The van der Waals surface area contributed by atoms with Gasteiger partial charge in [-0.05, 0) is 6.07 Å². The number of nitrogens with zero attached hydrogens (tertiary/aromatic N) is 2. The summed E-state index contributed by atoms with van der Waals surface area (Å²) in [7, 11) is 3.55. The Kier molecular flexibility index (Phi) is 5.51. The normalized spacial score (nSPS) is 20.6. The highest BCUT2D eigenvalue weighted by Gasteiger charge is 2.29. The number of hydrogen-bond acceptors (Lipinski definition) is 5. The molecule has 24 heavy (non-hydrogen) atoms. The summed E-state index contributed by atoms with van der Waals surface area (Å²) in [6.45, 7) is 1.97. The van der Waals surface area contributed by atoms with Crippen molar-refractivity contribution >= 4 is 6.08 Å². The summed E-state index contributed by atoms with van der Waals surface area (Å²) in [5, 5.41) is 7.58. The number of benzene rings is 1. The number of ether oxygens (including phenoxy) is 3. The molecule has 128 valence electrons. The average molecular weight is 329 g/mol. The minimum absolute atomic E-state index is 0.00568. The van der Waals surface area contributed by atoms with Gasteiger partial charge in [0.2, 0.25) is 0 Å². The molecular formula is C18H23N3O3.